The molecule has 3 unspecified atom stereocenters. The summed E-state index contributed by atoms with van der Waals surface area (Å²) in [7, 11) is 0. The minimum absolute atomic E-state index is 0.516. The lowest BCUT2D eigenvalue weighted by Gasteiger charge is -2.28. The Labute approximate surface area is 126 Å². The van der Waals surface area contributed by atoms with E-state index in [1.165, 1.54) is 19.3 Å². The highest BCUT2D eigenvalue weighted by Crippen LogP contribution is 2.35. The lowest BCUT2D eigenvalue weighted by molar-refractivity contribution is 0.720. The van der Waals surface area contributed by atoms with Crippen LogP contribution in [0, 0.1) is 0 Å². The van der Waals surface area contributed by atoms with E-state index in [4.69, 9.17) is 0 Å². The van der Waals surface area contributed by atoms with Crippen LogP contribution in [-0.2, 0) is 0 Å². The Morgan fingerprint density at radius 3 is 0.947 bits per heavy atom. The zero-order valence-corrected chi connectivity index (χ0v) is 15.0. The SMILES string of the molecule is CC[CH](C)[Al]([CH](C)CC)[CH](C)CC.c1ccccc1. The first-order valence-corrected chi connectivity index (χ1v) is 10.1. The second kappa shape index (κ2) is 11.6. The van der Waals surface area contributed by atoms with Crippen LogP contribution in [0.5, 0.6) is 0 Å². The van der Waals surface area contributed by atoms with Gasteiger partial charge in [-0.1, -0.05) is 112 Å². The van der Waals surface area contributed by atoms with Crippen molar-refractivity contribution in [2.75, 3.05) is 0 Å². The van der Waals surface area contributed by atoms with Crippen molar-refractivity contribution in [2.45, 2.75) is 75.1 Å². The van der Waals surface area contributed by atoms with Gasteiger partial charge in [0.2, 0.25) is 0 Å². The fourth-order valence-electron chi connectivity index (χ4n) is 2.88. The molecule has 3 atom stereocenters. The van der Waals surface area contributed by atoms with Crippen LogP contribution in [0.15, 0.2) is 36.4 Å². The second-order valence-corrected chi connectivity index (χ2v) is 10.5. The highest BCUT2D eigenvalue weighted by molar-refractivity contribution is 6.63. The molecule has 0 N–H and O–H groups in total. The fourth-order valence-corrected chi connectivity index (χ4v) is 7.88. The monoisotopic (exact) mass is 276 g/mol. The van der Waals surface area contributed by atoms with E-state index in [-0.39, 0.29) is 0 Å². The van der Waals surface area contributed by atoms with E-state index >= 15 is 0 Å². The van der Waals surface area contributed by atoms with Gasteiger partial charge in [-0.3, -0.25) is 0 Å². The van der Waals surface area contributed by atoms with E-state index in [2.05, 4.69) is 41.5 Å². The molecular weight excluding hydrogens is 243 g/mol. The van der Waals surface area contributed by atoms with E-state index in [0.717, 1.165) is 14.3 Å². The first-order chi connectivity index (χ1) is 9.08. The van der Waals surface area contributed by atoms with Crippen molar-refractivity contribution in [1.82, 2.24) is 0 Å². The van der Waals surface area contributed by atoms with E-state index in [0.29, 0.717) is 0 Å². The normalized spacial score (nSPS) is 14.8. The minimum atomic E-state index is -0.516. The lowest BCUT2D eigenvalue weighted by atomic mass is 10.3. The molecular formula is C18H33Al. The van der Waals surface area contributed by atoms with Gasteiger partial charge in [-0.2, -0.15) is 0 Å². The summed E-state index contributed by atoms with van der Waals surface area (Å²) < 4.78 is 3.10. The lowest BCUT2D eigenvalue weighted by Crippen LogP contribution is -2.28. The van der Waals surface area contributed by atoms with Gasteiger partial charge in [-0.25, -0.2) is 0 Å². The van der Waals surface area contributed by atoms with Crippen molar-refractivity contribution in [3.63, 3.8) is 0 Å². The summed E-state index contributed by atoms with van der Waals surface area (Å²) in [5, 5.41) is 0. The number of hydrogen-bond donors (Lipinski definition) is 0. The molecule has 0 aliphatic rings. The van der Waals surface area contributed by atoms with Crippen LogP contribution in [0.2, 0.25) is 14.3 Å². The van der Waals surface area contributed by atoms with Gasteiger partial charge < -0.3 is 0 Å². The maximum absolute atomic E-state index is 2.48. The third-order valence-corrected chi connectivity index (χ3v) is 9.93. The van der Waals surface area contributed by atoms with E-state index in [1.807, 2.05) is 36.4 Å². The number of rotatable bonds is 6. The molecule has 0 fully saturated rings. The summed E-state index contributed by atoms with van der Waals surface area (Å²) in [6, 6.07) is 12.0. The van der Waals surface area contributed by atoms with Gasteiger partial charge in [0.05, 0.1) is 0 Å². The third kappa shape index (κ3) is 7.81. The number of hydrogen-bond acceptors (Lipinski definition) is 0. The van der Waals surface area contributed by atoms with Crippen LogP contribution < -0.4 is 0 Å². The quantitative estimate of drug-likeness (QED) is 0.515. The van der Waals surface area contributed by atoms with Crippen molar-refractivity contribution in [3.05, 3.63) is 36.4 Å². The molecule has 0 nitrogen and oxygen atoms in total. The maximum Gasteiger partial charge on any atom is 0.271 e. The molecule has 0 saturated heterocycles. The average molecular weight is 276 g/mol. The average Bonchev–Trinajstić information content (AvgIpc) is 2.49. The molecule has 19 heavy (non-hydrogen) atoms. The van der Waals surface area contributed by atoms with E-state index < -0.39 is 14.1 Å². The molecule has 0 heterocycles. The summed E-state index contributed by atoms with van der Waals surface area (Å²) in [5.41, 5.74) is 0. The summed E-state index contributed by atoms with van der Waals surface area (Å²) in [5.74, 6) is 0. The Bertz CT molecular complexity index is 233. The van der Waals surface area contributed by atoms with E-state index in [1.54, 1.807) is 0 Å². The van der Waals surface area contributed by atoms with Gasteiger partial charge in [0.1, 0.15) is 0 Å². The van der Waals surface area contributed by atoms with E-state index in [9.17, 15) is 0 Å². The van der Waals surface area contributed by atoms with Crippen molar-refractivity contribution in [1.29, 1.82) is 0 Å². The van der Waals surface area contributed by atoms with Crippen molar-refractivity contribution in [3.8, 4) is 0 Å². The molecule has 0 aliphatic carbocycles. The van der Waals surface area contributed by atoms with Crippen molar-refractivity contribution >= 4 is 14.1 Å². The minimum Gasteiger partial charge on any atom is -0.0847 e. The van der Waals surface area contributed by atoms with Crippen LogP contribution in [0.25, 0.3) is 0 Å². The molecule has 0 aromatic heterocycles. The van der Waals surface area contributed by atoms with Gasteiger partial charge in [-0.15, -0.1) is 0 Å². The van der Waals surface area contributed by atoms with Gasteiger partial charge in [-0.05, 0) is 0 Å². The van der Waals surface area contributed by atoms with Crippen molar-refractivity contribution < 1.29 is 0 Å². The Balaban J connectivity index is 0.000000443. The maximum atomic E-state index is 2.48. The molecule has 1 aromatic rings. The fraction of sp³-hybridized carbons (Fsp3) is 0.667. The Morgan fingerprint density at radius 1 is 0.579 bits per heavy atom. The standard InChI is InChI=1S/C6H6.3C4H9.Al/c1-2-4-6-5-3-1;3*1-3-4-2;/h1-6H;3*3H,4H2,1-2H3;. The molecule has 108 valence electrons. The zero-order chi connectivity index (χ0) is 14.7. The van der Waals surface area contributed by atoms with Crippen LogP contribution in [0.1, 0.15) is 60.8 Å². The predicted octanol–water partition coefficient (Wildman–Crippen LogP) is 6.57. The van der Waals surface area contributed by atoms with Crippen LogP contribution in [0.4, 0.5) is 0 Å². The Hall–Kier alpha value is -0.248. The second-order valence-electron chi connectivity index (χ2n) is 5.89. The molecule has 1 heteroatoms. The van der Waals surface area contributed by atoms with Crippen LogP contribution >= 0.6 is 0 Å². The van der Waals surface area contributed by atoms with Crippen LogP contribution in [-0.4, -0.2) is 14.1 Å². The first-order valence-electron chi connectivity index (χ1n) is 8.08. The topological polar surface area (TPSA) is 0 Å². The molecule has 0 spiro atoms. The number of benzene rings is 1. The zero-order valence-electron chi connectivity index (χ0n) is 13.9. The molecule has 0 radical (unpaired) electrons. The van der Waals surface area contributed by atoms with Crippen molar-refractivity contribution in [2.24, 2.45) is 0 Å². The van der Waals surface area contributed by atoms with Crippen LogP contribution in [0.3, 0.4) is 0 Å². The highest BCUT2D eigenvalue weighted by atomic mass is 27.2. The van der Waals surface area contributed by atoms with Gasteiger partial charge >= 0.3 is 0 Å². The Morgan fingerprint density at radius 2 is 0.789 bits per heavy atom. The summed E-state index contributed by atoms with van der Waals surface area (Å²) in [6.07, 6.45) is 4.18. The molecule has 0 bridgehead atoms. The Kier molecular flexibility index (Phi) is 11.4. The smallest absolute Gasteiger partial charge is 0.0847 e. The first kappa shape index (κ1) is 18.8. The highest BCUT2D eigenvalue weighted by Gasteiger charge is 2.32. The predicted molar refractivity (Wildman–Crippen MR) is 91.3 cm³/mol. The largest absolute Gasteiger partial charge is 0.271 e. The molecule has 1 aromatic carbocycles. The summed E-state index contributed by atoms with van der Waals surface area (Å²) in [6.45, 7) is 14.5. The van der Waals surface area contributed by atoms with Gasteiger partial charge in [0.15, 0.2) is 0 Å². The molecule has 0 amide bonds. The summed E-state index contributed by atoms with van der Waals surface area (Å²) >= 11 is -0.516. The molecule has 0 saturated carbocycles. The van der Waals surface area contributed by atoms with Gasteiger partial charge in [0.25, 0.3) is 14.1 Å². The molecule has 0 aliphatic heterocycles. The third-order valence-electron chi connectivity index (χ3n) is 4.57. The summed E-state index contributed by atoms with van der Waals surface area (Å²) in [4.78, 5) is 0. The molecule has 1 rings (SSSR count). The van der Waals surface area contributed by atoms with Gasteiger partial charge in [0, 0.05) is 0 Å².